The fourth-order valence-electron chi connectivity index (χ4n) is 2.48. The smallest absolute Gasteiger partial charge is 0.151 e. The summed E-state index contributed by atoms with van der Waals surface area (Å²) in [6.07, 6.45) is 0. The van der Waals surface area contributed by atoms with Crippen LogP contribution in [0.2, 0.25) is 0 Å². The van der Waals surface area contributed by atoms with Crippen LogP contribution in [0.15, 0.2) is 36.4 Å². The Balaban J connectivity index is 2.36. The minimum absolute atomic E-state index is 0.193. The third kappa shape index (κ3) is 1.76. The number of rotatable bonds is 2. The second-order valence-electron chi connectivity index (χ2n) is 4.76. The van der Waals surface area contributed by atoms with Crippen LogP contribution in [0.1, 0.15) is 12.5 Å². The van der Waals surface area contributed by atoms with Crippen molar-refractivity contribution in [2.24, 2.45) is 0 Å². The number of hydrogen-bond acceptors (Lipinski definition) is 2. The van der Waals surface area contributed by atoms with Crippen LogP contribution in [0.25, 0.3) is 22.4 Å². The molecule has 0 atom stereocenters. The first-order chi connectivity index (χ1) is 9.63. The van der Waals surface area contributed by atoms with E-state index in [4.69, 9.17) is 0 Å². The van der Waals surface area contributed by atoms with Crippen LogP contribution in [0.3, 0.4) is 0 Å². The standard InChI is InChI=1S/C16H15FN2O/c1-3-19-13-9-5-8-12(17)14(13)18-16(19)11-7-4-6-10(2)15(11)20/h4-9,20H,3H2,1-2H3. The summed E-state index contributed by atoms with van der Waals surface area (Å²) in [7, 11) is 0. The quantitative estimate of drug-likeness (QED) is 0.767. The molecule has 3 rings (SSSR count). The van der Waals surface area contributed by atoms with Crippen LogP contribution < -0.4 is 0 Å². The zero-order valence-corrected chi connectivity index (χ0v) is 11.4. The minimum Gasteiger partial charge on any atom is -0.507 e. The molecule has 0 aliphatic rings. The van der Waals surface area contributed by atoms with E-state index in [2.05, 4.69) is 4.98 Å². The molecule has 0 radical (unpaired) electrons. The van der Waals surface area contributed by atoms with E-state index in [-0.39, 0.29) is 11.6 Å². The Morgan fingerprint density at radius 2 is 1.95 bits per heavy atom. The number of aromatic nitrogens is 2. The van der Waals surface area contributed by atoms with Gasteiger partial charge >= 0.3 is 0 Å². The summed E-state index contributed by atoms with van der Waals surface area (Å²) in [5.74, 6) is 0.440. The van der Waals surface area contributed by atoms with E-state index >= 15 is 0 Å². The first-order valence-electron chi connectivity index (χ1n) is 6.57. The van der Waals surface area contributed by atoms with E-state index in [0.29, 0.717) is 23.4 Å². The largest absolute Gasteiger partial charge is 0.507 e. The molecule has 3 aromatic rings. The van der Waals surface area contributed by atoms with Gasteiger partial charge in [0, 0.05) is 6.54 Å². The SMILES string of the molecule is CCn1c(-c2cccc(C)c2O)nc2c(F)cccc21. The zero-order chi connectivity index (χ0) is 14.3. The van der Waals surface area contributed by atoms with Crippen molar-refractivity contribution in [3.05, 3.63) is 47.8 Å². The van der Waals surface area contributed by atoms with Crippen molar-refractivity contribution in [3.8, 4) is 17.1 Å². The van der Waals surface area contributed by atoms with E-state index in [9.17, 15) is 9.50 Å². The first-order valence-corrected chi connectivity index (χ1v) is 6.57. The second kappa shape index (κ2) is 4.63. The Bertz CT molecular complexity index is 793. The van der Waals surface area contributed by atoms with E-state index in [1.165, 1.54) is 6.07 Å². The summed E-state index contributed by atoms with van der Waals surface area (Å²) in [4.78, 5) is 4.38. The van der Waals surface area contributed by atoms with E-state index in [1.807, 2.05) is 36.6 Å². The number of benzene rings is 2. The van der Waals surface area contributed by atoms with Crippen molar-refractivity contribution in [2.45, 2.75) is 20.4 Å². The Labute approximate surface area is 116 Å². The van der Waals surface area contributed by atoms with Gasteiger partial charge in [0.1, 0.15) is 17.1 Å². The van der Waals surface area contributed by atoms with Gasteiger partial charge in [0.15, 0.2) is 5.82 Å². The van der Waals surface area contributed by atoms with E-state index < -0.39 is 0 Å². The first kappa shape index (κ1) is 12.7. The fraction of sp³-hybridized carbons (Fsp3) is 0.188. The number of nitrogens with zero attached hydrogens (tertiary/aromatic N) is 2. The summed E-state index contributed by atoms with van der Waals surface area (Å²) >= 11 is 0. The predicted octanol–water partition coefficient (Wildman–Crippen LogP) is 3.88. The highest BCUT2D eigenvalue weighted by molar-refractivity contribution is 5.82. The highest BCUT2D eigenvalue weighted by Crippen LogP contribution is 2.33. The lowest BCUT2D eigenvalue weighted by Gasteiger charge is -2.09. The third-order valence-electron chi connectivity index (χ3n) is 3.52. The van der Waals surface area contributed by atoms with E-state index in [1.54, 1.807) is 12.1 Å². The Hall–Kier alpha value is -2.36. The highest BCUT2D eigenvalue weighted by atomic mass is 19.1. The Kier molecular flexibility index (Phi) is 2.93. The average molecular weight is 270 g/mol. The van der Waals surface area contributed by atoms with Gasteiger partial charge in [0.2, 0.25) is 0 Å². The lowest BCUT2D eigenvalue weighted by molar-refractivity contribution is 0.472. The van der Waals surface area contributed by atoms with Crippen LogP contribution >= 0.6 is 0 Å². The van der Waals surface area contributed by atoms with Crippen molar-refractivity contribution >= 4 is 11.0 Å². The maximum absolute atomic E-state index is 13.9. The van der Waals surface area contributed by atoms with Crippen LogP contribution in [-0.4, -0.2) is 14.7 Å². The molecule has 0 spiro atoms. The molecule has 0 saturated carbocycles. The van der Waals surface area contributed by atoms with Gasteiger partial charge in [-0.1, -0.05) is 18.2 Å². The van der Waals surface area contributed by atoms with Gasteiger partial charge in [-0.25, -0.2) is 9.37 Å². The predicted molar refractivity (Wildman–Crippen MR) is 77.2 cm³/mol. The van der Waals surface area contributed by atoms with Crippen molar-refractivity contribution < 1.29 is 9.50 Å². The molecule has 0 aliphatic heterocycles. The molecule has 1 heterocycles. The maximum Gasteiger partial charge on any atom is 0.151 e. The van der Waals surface area contributed by atoms with Crippen LogP contribution in [-0.2, 0) is 6.54 Å². The molecule has 1 aromatic heterocycles. The molecule has 0 fully saturated rings. The van der Waals surface area contributed by atoms with Crippen molar-refractivity contribution in [3.63, 3.8) is 0 Å². The molecule has 1 N–H and O–H groups in total. The molecule has 3 nitrogen and oxygen atoms in total. The summed E-state index contributed by atoms with van der Waals surface area (Å²) in [5.41, 5.74) is 2.48. The van der Waals surface area contributed by atoms with Gasteiger partial charge in [0.05, 0.1) is 11.1 Å². The van der Waals surface area contributed by atoms with Crippen LogP contribution in [0.5, 0.6) is 5.75 Å². The molecule has 0 bridgehead atoms. The van der Waals surface area contributed by atoms with E-state index in [0.717, 1.165) is 11.1 Å². The molecular formula is C16H15FN2O. The Morgan fingerprint density at radius 3 is 2.70 bits per heavy atom. The van der Waals surface area contributed by atoms with Crippen molar-refractivity contribution in [1.29, 1.82) is 0 Å². The molecule has 4 heteroatoms. The number of phenolic OH excluding ortho intramolecular Hbond substituents is 1. The average Bonchev–Trinajstić information content (AvgIpc) is 2.81. The van der Waals surface area contributed by atoms with Crippen LogP contribution in [0.4, 0.5) is 4.39 Å². The zero-order valence-electron chi connectivity index (χ0n) is 11.4. The van der Waals surface area contributed by atoms with Gasteiger partial charge in [-0.15, -0.1) is 0 Å². The van der Waals surface area contributed by atoms with Gasteiger partial charge in [0.25, 0.3) is 0 Å². The van der Waals surface area contributed by atoms with Crippen molar-refractivity contribution in [2.75, 3.05) is 0 Å². The number of para-hydroxylation sites is 2. The number of halogens is 1. The molecule has 20 heavy (non-hydrogen) atoms. The summed E-state index contributed by atoms with van der Waals surface area (Å²) in [6.45, 7) is 4.46. The molecule has 102 valence electrons. The highest BCUT2D eigenvalue weighted by Gasteiger charge is 2.17. The summed E-state index contributed by atoms with van der Waals surface area (Å²) in [6, 6.07) is 10.4. The monoisotopic (exact) mass is 270 g/mol. The van der Waals surface area contributed by atoms with Gasteiger partial charge in [-0.2, -0.15) is 0 Å². The molecule has 0 aliphatic carbocycles. The van der Waals surface area contributed by atoms with Gasteiger partial charge in [-0.05, 0) is 37.6 Å². The number of hydrogen-bond donors (Lipinski definition) is 1. The lowest BCUT2D eigenvalue weighted by atomic mass is 10.1. The number of aryl methyl sites for hydroxylation is 2. The molecule has 0 unspecified atom stereocenters. The summed E-state index contributed by atoms with van der Waals surface area (Å²) in [5, 5.41) is 10.2. The molecule has 2 aromatic carbocycles. The minimum atomic E-state index is -0.344. The van der Waals surface area contributed by atoms with Crippen LogP contribution in [0, 0.1) is 12.7 Å². The molecular weight excluding hydrogens is 255 g/mol. The Morgan fingerprint density at radius 1 is 1.20 bits per heavy atom. The number of imidazole rings is 1. The maximum atomic E-state index is 13.9. The lowest BCUT2D eigenvalue weighted by Crippen LogP contribution is -1.98. The number of fused-ring (bicyclic) bond motifs is 1. The number of phenols is 1. The fourth-order valence-corrected chi connectivity index (χ4v) is 2.48. The number of aromatic hydroxyl groups is 1. The third-order valence-corrected chi connectivity index (χ3v) is 3.52. The van der Waals surface area contributed by atoms with Gasteiger partial charge in [-0.3, -0.25) is 0 Å². The molecule has 0 amide bonds. The van der Waals surface area contributed by atoms with Gasteiger partial charge < -0.3 is 9.67 Å². The summed E-state index contributed by atoms with van der Waals surface area (Å²) < 4.78 is 15.8. The van der Waals surface area contributed by atoms with Crippen molar-refractivity contribution in [1.82, 2.24) is 9.55 Å². The normalized spacial score (nSPS) is 11.2. The topological polar surface area (TPSA) is 38.0 Å². The second-order valence-corrected chi connectivity index (χ2v) is 4.76. The molecule has 0 saturated heterocycles.